The summed E-state index contributed by atoms with van der Waals surface area (Å²) < 4.78 is 16.8. The number of ether oxygens (including phenoxy) is 3. The number of nitrogens with zero attached hydrogens (tertiary/aromatic N) is 1. The summed E-state index contributed by atoms with van der Waals surface area (Å²) >= 11 is 0. The molecule has 0 aliphatic carbocycles. The van der Waals surface area contributed by atoms with E-state index in [0.29, 0.717) is 6.54 Å². The quantitative estimate of drug-likeness (QED) is 0.413. The van der Waals surface area contributed by atoms with E-state index in [0.717, 1.165) is 49.2 Å². The molecule has 5 heteroatoms. The fourth-order valence-electron chi connectivity index (χ4n) is 4.56. The van der Waals surface area contributed by atoms with Crippen molar-refractivity contribution in [1.29, 1.82) is 0 Å². The summed E-state index contributed by atoms with van der Waals surface area (Å²) in [6.45, 7) is 3.85. The van der Waals surface area contributed by atoms with Crippen molar-refractivity contribution in [3.05, 3.63) is 72.3 Å². The van der Waals surface area contributed by atoms with E-state index in [1.54, 1.807) is 14.2 Å². The maximum Gasteiger partial charge on any atom is 0.162 e. The highest BCUT2D eigenvalue weighted by Crippen LogP contribution is 2.39. The van der Waals surface area contributed by atoms with Crippen LogP contribution in [0.4, 0.5) is 11.4 Å². The molecule has 1 aliphatic rings. The lowest BCUT2D eigenvalue weighted by molar-refractivity contribution is 0.122. The molecule has 0 aromatic heterocycles. The number of fused-ring (bicyclic) bond motifs is 2. The Morgan fingerprint density at radius 3 is 2.03 bits per heavy atom. The first-order valence-corrected chi connectivity index (χ1v) is 11.0. The molecule has 0 saturated carbocycles. The predicted molar refractivity (Wildman–Crippen MR) is 131 cm³/mol. The lowest BCUT2D eigenvalue weighted by Gasteiger charge is -2.31. The molecule has 0 atom stereocenters. The zero-order valence-electron chi connectivity index (χ0n) is 18.6. The van der Waals surface area contributed by atoms with Gasteiger partial charge in [0.05, 0.1) is 38.8 Å². The molecule has 1 heterocycles. The summed E-state index contributed by atoms with van der Waals surface area (Å²) in [5.41, 5.74) is 3.43. The molecule has 1 aliphatic heterocycles. The number of methoxy groups -OCH3 is 2. The minimum atomic E-state index is 0.703. The van der Waals surface area contributed by atoms with Gasteiger partial charge in [0.15, 0.2) is 11.5 Å². The summed E-state index contributed by atoms with van der Waals surface area (Å²) in [4.78, 5) is 2.34. The first-order valence-electron chi connectivity index (χ1n) is 11.0. The van der Waals surface area contributed by atoms with Crippen LogP contribution in [0.2, 0.25) is 0 Å². The van der Waals surface area contributed by atoms with Gasteiger partial charge in [-0.2, -0.15) is 0 Å². The fourth-order valence-corrected chi connectivity index (χ4v) is 4.56. The van der Waals surface area contributed by atoms with Crippen molar-refractivity contribution in [3.8, 4) is 11.5 Å². The number of nitrogens with one attached hydrogen (secondary N) is 1. The highest BCUT2D eigenvalue weighted by Gasteiger charge is 2.19. The van der Waals surface area contributed by atoms with Crippen molar-refractivity contribution in [1.82, 2.24) is 0 Å². The van der Waals surface area contributed by atoms with Crippen molar-refractivity contribution in [2.24, 2.45) is 0 Å². The third-order valence-electron chi connectivity index (χ3n) is 6.19. The van der Waals surface area contributed by atoms with Crippen LogP contribution in [0.25, 0.3) is 21.5 Å². The number of hydrogen-bond acceptors (Lipinski definition) is 5. The van der Waals surface area contributed by atoms with E-state index in [-0.39, 0.29) is 0 Å². The van der Waals surface area contributed by atoms with E-state index in [2.05, 4.69) is 70.9 Å². The standard InChI is InChI=1S/C27H28N2O3/c1-30-26-16-24(25(17-27(26)31-2)29-11-13-32-14-12-29)28-18-23-21-9-5-3-7-19(21)15-20-8-4-6-10-22(20)23/h3-10,15-17,28H,11-14,18H2,1-2H3. The number of anilines is 2. The van der Waals surface area contributed by atoms with Crippen LogP contribution in [0.3, 0.4) is 0 Å². The molecule has 1 N–H and O–H groups in total. The highest BCUT2D eigenvalue weighted by molar-refractivity contribution is 6.02. The van der Waals surface area contributed by atoms with E-state index < -0.39 is 0 Å². The minimum Gasteiger partial charge on any atom is -0.493 e. The monoisotopic (exact) mass is 428 g/mol. The Bertz CT molecular complexity index is 1190. The smallest absolute Gasteiger partial charge is 0.162 e. The molecule has 164 valence electrons. The van der Waals surface area contributed by atoms with Crippen LogP contribution in [0.5, 0.6) is 11.5 Å². The minimum absolute atomic E-state index is 0.703. The molecule has 1 saturated heterocycles. The highest BCUT2D eigenvalue weighted by atomic mass is 16.5. The van der Waals surface area contributed by atoms with Crippen LogP contribution in [0, 0.1) is 0 Å². The Morgan fingerprint density at radius 2 is 1.41 bits per heavy atom. The third kappa shape index (κ3) is 3.80. The normalized spacial score (nSPS) is 14.0. The predicted octanol–water partition coefficient (Wildman–Crippen LogP) is 5.46. The Kier molecular flexibility index (Phi) is 5.73. The summed E-state index contributed by atoms with van der Waals surface area (Å²) in [5, 5.41) is 8.77. The summed E-state index contributed by atoms with van der Waals surface area (Å²) in [7, 11) is 3.35. The van der Waals surface area contributed by atoms with Crippen LogP contribution < -0.4 is 19.7 Å². The van der Waals surface area contributed by atoms with Crippen molar-refractivity contribution >= 4 is 32.9 Å². The van der Waals surface area contributed by atoms with Gasteiger partial charge in [0.2, 0.25) is 0 Å². The van der Waals surface area contributed by atoms with E-state index in [1.807, 2.05) is 6.07 Å². The van der Waals surface area contributed by atoms with Gasteiger partial charge in [-0.15, -0.1) is 0 Å². The molecular formula is C27H28N2O3. The van der Waals surface area contributed by atoms with Gasteiger partial charge in [0.1, 0.15) is 0 Å². The summed E-state index contributed by atoms with van der Waals surface area (Å²) in [6.07, 6.45) is 0. The lowest BCUT2D eigenvalue weighted by Crippen LogP contribution is -2.36. The average Bonchev–Trinajstić information content (AvgIpc) is 2.86. The SMILES string of the molecule is COc1cc(NCc2c3ccccc3cc3ccccc23)c(N2CCOCC2)cc1OC. The molecule has 0 bridgehead atoms. The van der Waals surface area contributed by atoms with Crippen molar-refractivity contribution < 1.29 is 14.2 Å². The summed E-state index contributed by atoms with van der Waals surface area (Å²) in [5.74, 6) is 1.45. The van der Waals surface area contributed by atoms with Gasteiger partial charge in [0, 0.05) is 31.8 Å². The second kappa shape index (κ2) is 8.97. The zero-order chi connectivity index (χ0) is 21.9. The zero-order valence-corrected chi connectivity index (χ0v) is 18.6. The number of morpholine rings is 1. The van der Waals surface area contributed by atoms with Crippen LogP contribution in [0.1, 0.15) is 5.56 Å². The van der Waals surface area contributed by atoms with Crippen molar-refractivity contribution in [3.63, 3.8) is 0 Å². The van der Waals surface area contributed by atoms with Gasteiger partial charge in [-0.1, -0.05) is 48.5 Å². The third-order valence-corrected chi connectivity index (χ3v) is 6.19. The Morgan fingerprint density at radius 1 is 0.812 bits per heavy atom. The van der Waals surface area contributed by atoms with Crippen LogP contribution >= 0.6 is 0 Å². The van der Waals surface area contributed by atoms with Crippen LogP contribution in [0.15, 0.2) is 66.7 Å². The topological polar surface area (TPSA) is 43.0 Å². The molecule has 4 aromatic carbocycles. The molecule has 5 nitrogen and oxygen atoms in total. The fraction of sp³-hybridized carbons (Fsp3) is 0.259. The molecule has 4 aromatic rings. The largest absolute Gasteiger partial charge is 0.493 e. The first kappa shape index (κ1) is 20.5. The number of hydrogen-bond donors (Lipinski definition) is 1. The maximum absolute atomic E-state index is 5.60. The molecule has 0 amide bonds. The molecule has 0 spiro atoms. The van der Waals surface area contributed by atoms with Gasteiger partial charge >= 0.3 is 0 Å². The second-order valence-electron chi connectivity index (χ2n) is 7.97. The second-order valence-corrected chi connectivity index (χ2v) is 7.97. The molecule has 32 heavy (non-hydrogen) atoms. The molecular weight excluding hydrogens is 400 g/mol. The van der Waals surface area contributed by atoms with Gasteiger partial charge in [-0.25, -0.2) is 0 Å². The summed E-state index contributed by atoms with van der Waals surface area (Å²) in [6, 6.07) is 23.5. The number of benzene rings is 4. The Labute approximate surface area is 188 Å². The van der Waals surface area contributed by atoms with E-state index in [1.165, 1.54) is 27.1 Å². The van der Waals surface area contributed by atoms with E-state index in [9.17, 15) is 0 Å². The van der Waals surface area contributed by atoms with Gasteiger partial charge in [-0.3, -0.25) is 0 Å². The van der Waals surface area contributed by atoms with Gasteiger partial charge in [-0.05, 0) is 33.2 Å². The van der Waals surface area contributed by atoms with Crippen molar-refractivity contribution in [2.75, 3.05) is 50.7 Å². The number of rotatable bonds is 6. The van der Waals surface area contributed by atoms with Crippen LogP contribution in [-0.2, 0) is 11.3 Å². The average molecular weight is 429 g/mol. The lowest BCUT2D eigenvalue weighted by atomic mass is 9.96. The van der Waals surface area contributed by atoms with Gasteiger partial charge < -0.3 is 24.4 Å². The molecule has 0 unspecified atom stereocenters. The Hall–Kier alpha value is -3.44. The first-order chi connectivity index (χ1) is 15.8. The van der Waals surface area contributed by atoms with Crippen LogP contribution in [-0.4, -0.2) is 40.5 Å². The molecule has 5 rings (SSSR count). The maximum atomic E-state index is 5.60. The Balaban J connectivity index is 1.57. The van der Waals surface area contributed by atoms with Gasteiger partial charge in [0.25, 0.3) is 0 Å². The van der Waals surface area contributed by atoms with E-state index >= 15 is 0 Å². The van der Waals surface area contributed by atoms with Crippen molar-refractivity contribution in [2.45, 2.75) is 6.54 Å². The molecule has 0 radical (unpaired) electrons. The molecule has 1 fully saturated rings. The van der Waals surface area contributed by atoms with E-state index in [4.69, 9.17) is 14.2 Å².